The van der Waals surface area contributed by atoms with Crippen LogP contribution in [0.1, 0.15) is 12.5 Å². The van der Waals surface area contributed by atoms with Gasteiger partial charge in [-0.3, -0.25) is 5.32 Å². The molecular formula is C15H17N3O2. The molecular weight excluding hydrogens is 254 g/mol. The summed E-state index contributed by atoms with van der Waals surface area (Å²) in [6, 6.07) is 10.7. The van der Waals surface area contributed by atoms with Crippen LogP contribution in [-0.2, 0) is 0 Å². The number of carbonyl (C=O) groups excluding carboxylic acids is 1. The van der Waals surface area contributed by atoms with E-state index >= 15 is 0 Å². The quantitative estimate of drug-likeness (QED) is 0.895. The third kappa shape index (κ3) is 3.47. The number of pyridine rings is 1. The Morgan fingerprint density at radius 1 is 1.20 bits per heavy atom. The molecule has 2 rings (SSSR count). The van der Waals surface area contributed by atoms with Gasteiger partial charge >= 0.3 is 6.03 Å². The average molecular weight is 271 g/mol. The van der Waals surface area contributed by atoms with Crippen LogP contribution < -0.4 is 15.4 Å². The molecule has 1 aromatic heterocycles. The number of urea groups is 1. The normalized spacial score (nSPS) is 9.90. The number of amides is 2. The maximum atomic E-state index is 12.0. The van der Waals surface area contributed by atoms with Crippen molar-refractivity contribution in [3.8, 4) is 5.75 Å². The van der Waals surface area contributed by atoms with Crippen molar-refractivity contribution < 1.29 is 9.53 Å². The minimum Gasteiger partial charge on any atom is -0.492 e. The van der Waals surface area contributed by atoms with Crippen LogP contribution in [0.3, 0.4) is 0 Å². The van der Waals surface area contributed by atoms with Crippen molar-refractivity contribution in [3.05, 3.63) is 48.2 Å². The van der Waals surface area contributed by atoms with Crippen molar-refractivity contribution in [3.63, 3.8) is 0 Å². The zero-order valence-electron chi connectivity index (χ0n) is 11.5. The van der Waals surface area contributed by atoms with Crippen molar-refractivity contribution in [2.24, 2.45) is 0 Å². The highest BCUT2D eigenvalue weighted by atomic mass is 16.5. The molecule has 0 saturated heterocycles. The summed E-state index contributed by atoms with van der Waals surface area (Å²) < 4.78 is 5.45. The number of benzene rings is 1. The van der Waals surface area contributed by atoms with Crippen LogP contribution in [-0.4, -0.2) is 17.6 Å². The van der Waals surface area contributed by atoms with Gasteiger partial charge in [-0.15, -0.1) is 0 Å². The van der Waals surface area contributed by atoms with Crippen molar-refractivity contribution in [1.29, 1.82) is 0 Å². The molecule has 0 atom stereocenters. The second-order valence-corrected chi connectivity index (χ2v) is 4.18. The van der Waals surface area contributed by atoms with Crippen molar-refractivity contribution >= 4 is 17.5 Å². The number of ether oxygens (including phenoxy) is 1. The monoisotopic (exact) mass is 271 g/mol. The number of aromatic nitrogens is 1. The number of nitrogens with one attached hydrogen (secondary N) is 2. The second kappa shape index (κ2) is 6.56. The lowest BCUT2D eigenvalue weighted by Gasteiger charge is -2.12. The van der Waals surface area contributed by atoms with Crippen LogP contribution in [0.25, 0.3) is 0 Å². The molecule has 0 bridgehead atoms. The molecule has 1 aromatic carbocycles. The number of anilines is 2. The summed E-state index contributed by atoms with van der Waals surface area (Å²) in [6.45, 7) is 4.32. The fourth-order valence-corrected chi connectivity index (χ4v) is 1.73. The summed E-state index contributed by atoms with van der Waals surface area (Å²) in [6.07, 6.45) is 1.64. The molecule has 0 radical (unpaired) electrons. The summed E-state index contributed by atoms with van der Waals surface area (Å²) in [5.74, 6) is 1.18. The Morgan fingerprint density at radius 2 is 2.00 bits per heavy atom. The van der Waals surface area contributed by atoms with E-state index in [2.05, 4.69) is 15.6 Å². The van der Waals surface area contributed by atoms with E-state index in [1.165, 1.54) is 0 Å². The highest BCUT2D eigenvalue weighted by Gasteiger charge is 2.08. The van der Waals surface area contributed by atoms with Gasteiger partial charge in [-0.25, -0.2) is 9.78 Å². The first-order valence-corrected chi connectivity index (χ1v) is 6.42. The zero-order chi connectivity index (χ0) is 14.4. The molecule has 2 N–H and O–H groups in total. The Labute approximate surface area is 118 Å². The number of nitrogens with zero attached hydrogens (tertiary/aromatic N) is 1. The molecule has 0 aliphatic carbocycles. The van der Waals surface area contributed by atoms with Crippen molar-refractivity contribution in [1.82, 2.24) is 4.98 Å². The van der Waals surface area contributed by atoms with E-state index in [0.29, 0.717) is 23.9 Å². The fourth-order valence-electron chi connectivity index (χ4n) is 1.73. The Kier molecular flexibility index (Phi) is 4.55. The van der Waals surface area contributed by atoms with Crippen LogP contribution in [0.15, 0.2) is 42.6 Å². The first kappa shape index (κ1) is 13.9. The zero-order valence-corrected chi connectivity index (χ0v) is 11.5. The van der Waals surface area contributed by atoms with Gasteiger partial charge in [0.25, 0.3) is 0 Å². The number of rotatable bonds is 4. The predicted molar refractivity (Wildman–Crippen MR) is 79.2 cm³/mol. The number of carbonyl (C=O) groups is 1. The van der Waals surface area contributed by atoms with E-state index in [4.69, 9.17) is 4.74 Å². The Hall–Kier alpha value is -2.56. The molecule has 0 unspecified atom stereocenters. The third-order valence-corrected chi connectivity index (χ3v) is 2.68. The van der Waals surface area contributed by atoms with Gasteiger partial charge in [0.05, 0.1) is 12.3 Å². The standard InChI is InChI=1S/C15H17N3O2/c1-3-20-13-9-5-4-8-12(13)17-15(19)18-14-11(2)7-6-10-16-14/h4-10H,3H2,1-2H3,(H2,16,17,18,19). The Bertz CT molecular complexity index is 599. The van der Waals surface area contributed by atoms with Crippen LogP contribution in [0.4, 0.5) is 16.3 Å². The summed E-state index contributed by atoms with van der Waals surface area (Å²) >= 11 is 0. The second-order valence-electron chi connectivity index (χ2n) is 4.18. The molecule has 0 saturated carbocycles. The van der Waals surface area contributed by atoms with Gasteiger partial charge in [0, 0.05) is 6.20 Å². The largest absolute Gasteiger partial charge is 0.492 e. The lowest BCUT2D eigenvalue weighted by Crippen LogP contribution is -2.21. The van der Waals surface area contributed by atoms with E-state index < -0.39 is 0 Å². The van der Waals surface area contributed by atoms with Gasteiger partial charge in [-0.05, 0) is 37.6 Å². The van der Waals surface area contributed by atoms with Gasteiger partial charge in [0.2, 0.25) is 0 Å². The lowest BCUT2D eigenvalue weighted by atomic mass is 10.3. The molecule has 5 heteroatoms. The highest BCUT2D eigenvalue weighted by Crippen LogP contribution is 2.23. The molecule has 20 heavy (non-hydrogen) atoms. The summed E-state index contributed by atoms with van der Waals surface area (Å²) in [7, 11) is 0. The van der Waals surface area contributed by atoms with E-state index in [1.54, 1.807) is 12.3 Å². The van der Waals surface area contributed by atoms with E-state index in [9.17, 15) is 4.79 Å². The Balaban J connectivity index is 2.07. The average Bonchev–Trinajstić information content (AvgIpc) is 2.44. The van der Waals surface area contributed by atoms with Gasteiger partial charge in [0.1, 0.15) is 11.6 Å². The van der Waals surface area contributed by atoms with Crippen LogP contribution in [0, 0.1) is 6.92 Å². The van der Waals surface area contributed by atoms with E-state index in [-0.39, 0.29) is 6.03 Å². The number of hydrogen-bond acceptors (Lipinski definition) is 3. The minimum absolute atomic E-state index is 0.348. The molecule has 0 fully saturated rings. The maximum Gasteiger partial charge on any atom is 0.324 e. The summed E-state index contributed by atoms with van der Waals surface area (Å²) in [5, 5.41) is 5.47. The first-order chi connectivity index (χ1) is 9.70. The third-order valence-electron chi connectivity index (χ3n) is 2.68. The number of aryl methyl sites for hydroxylation is 1. The summed E-state index contributed by atoms with van der Waals surface area (Å²) in [4.78, 5) is 16.1. The smallest absolute Gasteiger partial charge is 0.324 e. The van der Waals surface area contributed by atoms with Crippen LogP contribution in [0.2, 0.25) is 0 Å². The number of para-hydroxylation sites is 2. The molecule has 0 aliphatic rings. The molecule has 2 aromatic rings. The molecule has 104 valence electrons. The maximum absolute atomic E-state index is 12.0. The van der Waals surface area contributed by atoms with Crippen LogP contribution in [0.5, 0.6) is 5.75 Å². The predicted octanol–water partition coefficient (Wildman–Crippen LogP) is 3.43. The fraction of sp³-hybridized carbons (Fsp3) is 0.200. The van der Waals surface area contributed by atoms with E-state index in [0.717, 1.165) is 5.56 Å². The van der Waals surface area contributed by atoms with Gasteiger partial charge in [-0.2, -0.15) is 0 Å². The topological polar surface area (TPSA) is 63.2 Å². The summed E-state index contributed by atoms with van der Waals surface area (Å²) in [5.41, 5.74) is 1.53. The number of hydrogen-bond donors (Lipinski definition) is 2. The minimum atomic E-state index is -0.348. The van der Waals surface area contributed by atoms with Crippen LogP contribution >= 0.6 is 0 Å². The molecule has 1 heterocycles. The van der Waals surface area contributed by atoms with Gasteiger partial charge in [0.15, 0.2) is 0 Å². The molecule has 0 spiro atoms. The van der Waals surface area contributed by atoms with Gasteiger partial charge in [-0.1, -0.05) is 18.2 Å². The van der Waals surface area contributed by atoms with E-state index in [1.807, 2.05) is 44.2 Å². The Morgan fingerprint density at radius 3 is 2.75 bits per heavy atom. The highest BCUT2D eigenvalue weighted by molar-refractivity contribution is 6.00. The first-order valence-electron chi connectivity index (χ1n) is 6.42. The lowest BCUT2D eigenvalue weighted by molar-refractivity contribution is 0.262. The SMILES string of the molecule is CCOc1ccccc1NC(=O)Nc1ncccc1C. The van der Waals surface area contributed by atoms with Crippen molar-refractivity contribution in [2.75, 3.05) is 17.2 Å². The molecule has 5 nitrogen and oxygen atoms in total. The van der Waals surface area contributed by atoms with Gasteiger partial charge < -0.3 is 10.1 Å². The van der Waals surface area contributed by atoms with Crippen molar-refractivity contribution in [2.45, 2.75) is 13.8 Å². The molecule has 2 amide bonds. The molecule has 0 aliphatic heterocycles.